The standard InChI is InChI=1S/C21H30N4S/c1-16-6-7-18(17(2)15-16)8-11-23-21(22-3)24-19-9-12-25(13-10-19)20-5-4-14-26-20/h4-7,14-15,19H,8-13H2,1-3H3,(H2,22,23,24). The Labute approximate surface area is 161 Å². The molecule has 1 saturated heterocycles. The lowest BCUT2D eigenvalue weighted by atomic mass is 10.0. The van der Waals surface area contributed by atoms with Crippen molar-refractivity contribution in [2.75, 3.05) is 31.6 Å². The van der Waals surface area contributed by atoms with E-state index in [1.807, 2.05) is 18.4 Å². The molecule has 1 aromatic carbocycles. The van der Waals surface area contributed by atoms with Gasteiger partial charge in [-0.1, -0.05) is 23.8 Å². The van der Waals surface area contributed by atoms with E-state index < -0.39 is 0 Å². The largest absolute Gasteiger partial charge is 0.363 e. The topological polar surface area (TPSA) is 39.7 Å². The molecule has 3 rings (SSSR count). The summed E-state index contributed by atoms with van der Waals surface area (Å²) in [4.78, 5) is 6.89. The molecule has 2 aromatic rings. The van der Waals surface area contributed by atoms with E-state index in [-0.39, 0.29) is 0 Å². The molecule has 1 aliphatic rings. The van der Waals surface area contributed by atoms with E-state index in [1.54, 1.807) is 0 Å². The Morgan fingerprint density at radius 2 is 2.04 bits per heavy atom. The van der Waals surface area contributed by atoms with E-state index in [4.69, 9.17) is 0 Å². The lowest BCUT2D eigenvalue weighted by Crippen LogP contribution is -2.49. The lowest BCUT2D eigenvalue weighted by Gasteiger charge is -2.33. The van der Waals surface area contributed by atoms with Crippen molar-refractivity contribution >= 4 is 22.3 Å². The molecule has 1 aromatic heterocycles. The van der Waals surface area contributed by atoms with E-state index in [1.165, 1.54) is 21.7 Å². The van der Waals surface area contributed by atoms with Crippen LogP contribution in [0.2, 0.25) is 0 Å². The number of aryl methyl sites for hydroxylation is 2. The molecule has 0 amide bonds. The Morgan fingerprint density at radius 3 is 2.69 bits per heavy atom. The lowest BCUT2D eigenvalue weighted by molar-refractivity contribution is 0.463. The third-order valence-electron chi connectivity index (χ3n) is 5.06. The van der Waals surface area contributed by atoms with Crippen molar-refractivity contribution in [3.63, 3.8) is 0 Å². The fourth-order valence-corrected chi connectivity index (χ4v) is 4.31. The molecule has 0 saturated carbocycles. The van der Waals surface area contributed by atoms with Crippen molar-refractivity contribution in [1.82, 2.24) is 10.6 Å². The first-order chi connectivity index (χ1) is 12.7. The monoisotopic (exact) mass is 370 g/mol. The highest BCUT2D eigenvalue weighted by atomic mass is 32.1. The zero-order valence-corrected chi connectivity index (χ0v) is 16.9. The van der Waals surface area contributed by atoms with Crippen LogP contribution in [0.5, 0.6) is 0 Å². The summed E-state index contributed by atoms with van der Waals surface area (Å²) < 4.78 is 0. The zero-order valence-electron chi connectivity index (χ0n) is 16.1. The van der Waals surface area contributed by atoms with E-state index in [0.717, 1.165) is 44.9 Å². The van der Waals surface area contributed by atoms with Crippen molar-refractivity contribution in [3.05, 3.63) is 52.4 Å². The quantitative estimate of drug-likeness (QED) is 0.622. The van der Waals surface area contributed by atoms with E-state index in [0.29, 0.717) is 6.04 Å². The van der Waals surface area contributed by atoms with Gasteiger partial charge >= 0.3 is 0 Å². The second-order valence-electron chi connectivity index (χ2n) is 7.04. The van der Waals surface area contributed by atoms with Gasteiger partial charge in [-0.2, -0.15) is 0 Å². The highest BCUT2D eigenvalue weighted by molar-refractivity contribution is 7.14. The van der Waals surface area contributed by atoms with Gasteiger partial charge in [0.15, 0.2) is 5.96 Å². The predicted molar refractivity (Wildman–Crippen MR) is 114 cm³/mol. The van der Waals surface area contributed by atoms with Crippen LogP contribution >= 0.6 is 11.3 Å². The molecular formula is C21H30N4S. The average Bonchev–Trinajstić information content (AvgIpc) is 3.18. The molecule has 140 valence electrons. The third kappa shape index (κ3) is 5.01. The van der Waals surface area contributed by atoms with Crippen LogP contribution in [0.3, 0.4) is 0 Å². The number of hydrogen-bond acceptors (Lipinski definition) is 3. The van der Waals surface area contributed by atoms with Gasteiger partial charge < -0.3 is 15.5 Å². The molecule has 0 atom stereocenters. The van der Waals surface area contributed by atoms with Gasteiger partial charge in [-0.05, 0) is 61.7 Å². The van der Waals surface area contributed by atoms with Crippen molar-refractivity contribution in [1.29, 1.82) is 0 Å². The summed E-state index contributed by atoms with van der Waals surface area (Å²) in [5.74, 6) is 0.921. The number of nitrogens with zero attached hydrogens (tertiary/aromatic N) is 2. The fraction of sp³-hybridized carbons (Fsp3) is 0.476. The molecule has 0 spiro atoms. The van der Waals surface area contributed by atoms with Crippen molar-refractivity contribution in [3.8, 4) is 0 Å². The minimum absolute atomic E-state index is 0.499. The first-order valence-corrected chi connectivity index (χ1v) is 10.4. The Balaban J connectivity index is 1.42. The number of piperidine rings is 1. The van der Waals surface area contributed by atoms with Crippen molar-refractivity contribution in [2.45, 2.75) is 39.2 Å². The molecule has 2 N–H and O–H groups in total. The highest BCUT2D eigenvalue weighted by Gasteiger charge is 2.20. The van der Waals surface area contributed by atoms with Gasteiger partial charge in [0.1, 0.15) is 0 Å². The Hall–Kier alpha value is -2.01. The number of nitrogens with one attached hydrogen (secondary N) is 2. The molecule has 0 bridgehead atoms. The minimum atomic E-state index is 0.499. The molecule has 0 radical (unpaired) electrons. The number of hydrogen-bond donors (Lipinski definition) is 2. The number of anilines is 1. The van der Waals surface area contributed by atoms with E-state index in [9.17, 15) is 0 Å². The molecule has 2 heterocycles. The van der Waals surface area contributed by atoms with Crippen LogP contribution in [-0.4, -0.2) is 38.7 Å². The number of rotatable bonds is 5. The first kappa shape index (κ1) is 18.8. The molecule has 1 fully saturated rings. The molecule has 26 heavy (non-hydrogen) atoms. The maximum absolute atomic E-state index is 4.40. The van der Waals surface area contributed by atoms with Crippen LogP contribution in [0.25, 0.3) is 0 Å². The van der Waals surface area contributed by atoms with E-state index in [2.05, 4.69) is 70.1 Å². The smallest absolute Gasteiger partial charge is 0.191 e. The maximum atomic E-state index is 4.40. The molecule has 1 aliphatic heterocycles. The summed E-state index contributed by atoms with van der Waals surface area (Å²) in [6.45, 7) is 7.45. The minimum Gasteiger partial charge on any atom is -0.363 e. The van der Waals surface area contributed by atoms with Gasteiger partial charge in [-0.15, -0.1) is 11.3 Å². The van der Waals surface area contributed by atoms with Crippen LogP contribution in [0.15, 0.2) is 40.7 Å². The number of aliphatic imine (C=N–C) groups is 1. The van der Waals surface area contributed by atoms with Gasteiger partial charge in [0.05, 0.1) is 5.00 Å². The molecule has 4 nitrogen and oxygen atoms in total. The highest BCUT2D eigenvalue weighted by Crippen LogP contribution is 2.24. The fourth-order valence-electron chi connectivity index (χ4n) is 3.52. The molecule has 5 heteroatoms. The van der Waals surface area contributed by atoms with Crippen LogP contribution in [0.1, 0.15) is 29.5 Å². The first-order valence-electron chi connectivity index (χ1n) is 9.47. The number of thiophene rings is 1. The van der Waals surface area contributed by atoms with Gasteiger partial charge in [-0.25, -0.2) is 0 Å². The summed E-state index contributed by atoms with van der Waals surface area (Å²) in [6, 6.07) is 11.5. The van der Waals surface area contributed by atoms with Crippen LogP contribution < -0.4 is 15.5 Å². The third-order valence-corrected chi connectivity index (χ3v) is 5.99. The predicted octanol–water partition coefficient (Wildman–Crippen LogP) is 3.74. The van der Waals surface area contributed by atoms with Gasteiger partial charge in [0.25, 0.3) is 0 Å². The molecule has 0 aliphatic carbocycles. The summed E-state index contributed by atoms with van der Waals surface area (Å²) in [5.41, 5.74) is 4.10. The average molecular weight is 371 g/mol. The van der Waals surface area contributed by atoms with Crippen LogP contribution in [0.4, 0.5) is 5.00 Å². The zero-order chi connectivity index (χ0) is 18.4. The Morgan fingerprint density at radius 1 is 1.23 bits per heavy atom. The van der Waals surface area contributed by atoms with Gasteiger partial charge in [-0.3, -0.25) is 4.99 Å². The summed E-state index contributed by atoms with van der Waals surface area (Å²) in [5, 5.41) is 10.6. The number of benzene rings is 1. The van der Waals surface area contributed by atoms with Gasteiger partial charge in [0.2, 0.25) is 0 Å². The maximum Gasteiger partial charge on any atom is 0.191 e. The van der Waals surface area contributed by atoms with Gasteiger partial charge in [0, 0.05) is 32.7 Å². The second kappa shape index (κ2) is 9.08. The summed E-state index contributed by atoms with van der Waals surface area (Å²) in [7, 11) is 1.85. The van der Waals surface area contributed by atoms with Crippen molar-refractivity contribution in [2.24, 2.45) is 4.99 Å². The van der Waals surface area contributed by atoms with Crippen LogP contribution in [-0.2, 0) is 6.42 Å². The normalized spacial score (nSPS) is 16.0. The Kier molecular flexibility index (Phi) is 6.56. The van der Waals surface area contributed by atoms with E-state index >= 15 is 0 Å². The molecular weight excluding hydrogens is 340 g/mol. The van der Waals surface area contributed by atoms with Crippen molar-refractivity contribution < 1.29 is 0 Å². The molecule has 0 unspecified atom stereocenters. The second-order valence-corrected chi connectivity index (χ2v) is 7.96. The van der Waals surface area contributed by atoms with Crippen LogP contribution in [0, 0.1) is 13.8 Å². The SMILES string of the molecule is CN=C(NCCc1ccc(C)cc1C)NC1CCN(c2cccs2)CC1. The summed E-state index contributed by atoms with van der Waals surface area (Å²) in [6.07, 6.45) is 3.31. The summed E-state index contributed by atoms with van der Waals surface area (Å²) >= 11 is 1.83. The Bertz CT molecular complexity index is 716. The number of guanidine groups is 1.